The first-order valence-electron chi connectivity index (χ1n) is 6.86. The molecular formula is C13H17N5O5. The molecule has 0 aromatic carbocycles. The van der Waals surface area contributed by atoms with Crippen LogP contribution in [-0.2, 0) is 27.5 Å². The molecule has 0 aliphatic carbocycles. The minimum atomic E-state index is -0.507. The normalized spacial score (nSPS) is 10.7. The molecule has 2 aromatic heterocycles. The van der Waals surface area contributed by atoms with Gasteiger partial charge in [0.05, 0.1) is 19.3 Å². The highest BCUT2D eigenvalue weighted by molar-refractivity contribution is 5.65. The van der Waals surface area contributed by atoms with Crippen molar-refractivity contribution in [3.8, 4) is 0 Å². The molecule has 1 N–H and O–H groups in total. The molecule has 2 rings (SSSR count). The average molecular weight is 323 g/mol. The number of nitrogens with zero attached hydrogens (tertiary/aromatic N) is 4. The number of H-pyrrole nitrogens is 1. The zero-order chi connectivity index (χ0) is 16.8. The van der Waals surface area contributed by atoms with E-state index in [-0.39, 0.29) is 32.5 Å². The molecule has 23 heavy (non-hydrogen) atoms. The van der Waals surface area contributed by atoms with E-state index >= 15 is 0 Å². The van der Waals surface area contributed by atoms with Gasteiger partial charge in [-0.1, -0.05) is 5.21 Å². The van der Waals surface area contributed by atoms with Crippen LogP contribution in [0.3, 0.4) is 0 Å². The monoisotopic (exact) mass is 323 g/mol. The number of hydrogen-bond acceptors (Lipinski definition) is 7. The molecule has 0 aliphatic rings. The van der Waals surface area contributed by atoms with Crippen molar-refractivity contribution in [1.82, 2.24) is 24.5 Å². The zero-order valence-electron chi connectivity index (χ0n) is 12.8. The molecule has 0 aliphatic heterocycles. The summed E-state index contributed by atoms with van der Waals surface area (Å²) in [5, 5.41) is 7.79. The van der Waals surface area contributed by atoms with Gasteiger partial charge < -0.3 is 9.47 Å². The number of rotatable bonds is 7. The topological polar surface area (TPSA) is 121 Å². The SMILES string of the molecule is CC(=O)OCCOCn1cc(Cn2cc(C)c(=O)[nH]c2=O)nn1. The van der Waals surface area contributed by atoms with E-state index in [2.05, 4.69) is 15.3 Å². The fourth-order valence-corrected chi connectivity index (χ4v) is 1.79. The fourth-order valence-electron chi connectivity index (χ4n) is 1.79. The number of ether oxygens (including phenoxy) is 2. The molecule has 0 fully saturated rings. The third-order valence-corrected chi connectivity index (χ3v) is 2.86. The van der Waals surface area contributed by atoms with E-state index in [1.807, 2.05) is 0 Å². The van der Waals surface area contributed by atoms with Crippen molar-refractivity contribution in [2.75, 3.05) is 13.2 Å². The quantitative estimate of drug-likeness (QED) is 0.513. The van der Waals surface area contributed by atoms with Crippen molar-refractivity contribution in [1.29, 1.82) is 0 Å². The Kier molecular flexibility index (Phi) is 5.41. The Hall–Kier alpha value is -2.75. The number of carbonyl (C=O) groups excluding carboxylic acids is 1. The largest absolute Gasteiger partial charge is 0.463 e. The van der Waals surface area contributed by atoms with E-state index in [1.54, 1.807) is 13.1 Å². The third-order valence-electron chi connectivity index (χ3n) is 2.86. The van der Waals surface area contributed by atoms with Gasteiger partial charge in [0.2, 0.25) is 0 Å². The molecule has 0 spiro atoms. The minimum absolute atomic E-state index is 0.147. The summed E-state index contributed by atoms with van der Waals surface area (Å²) in [4.78, 5) is 35.8. The lowest BCUT2D eigenvalue weighted by Crippen LogP contribution is -2.31. The van der Waals surface area contributed by atoms with Gasteiger partial charge in [-0.25, -0.2) is 9.48 Å². The van der Waals surface area contributed by atoms with Gasteiger partial charge >= 0.3 is 11.7 Å². The maximum atomic E-state index is 11.7. The first-order chi connectivity index (χ1) is 11.0. The average Bonchev–Trinajstić information content (AvgIpc) is 2.91. The van der Waals surface area contributed by atoms with Gasteiger partial charge in [0, 0.05) is 18.7 Å². The van der Waals surface area contributed by atoms with E-state index in [0.29, 0.717) is 11.3 Å². The van der Waals surface area contributed by atoms with Crippen molar-refractivity contribution >= 4 is 5.97 Å². The smallest absolute Gasteiger partial charge is 0.328 e. The summed E-state index contributed by atoms with van der Waals surface area (Å²) in [5.74, 6) is -0.363. The fraction of sp³-hybridized carbons (Fsp3) is 0.462. The third kappa shape index (κ3) is 4.88. The summed E-state index contributed by atoms with van der Waals surface area (Å²) in [6.07, 6.45) is 3.09. The Morgan fingerprint density at radius 2 is 2.09 bits per heavy atom. The van der Waals surface area contributed by atoms with Crippen molar-refractivity contribution in [3.05, 3.63) is 44.5 Å². The van der Waals surface area contributed by atoms with Gasteiger partial charge in [-0.3, -0.25) is 19.1 Å². The first kappa shape index (κ1) is 16.6. The first-order valence-corrected chi connectivity index (χ1v) is 6.86. The van der Waals surface area contributed by atoms with E-state index in [9.17, 15) is 14.4 Å². The lowest BCUT2D eigenvalue weighted by Gasteiger charge is -2.04. The molecule has 2 heterocycles. The van der Waals surface area contributed by atoms with Crippen LogP contribution in [-0.4, -0.2) is 43.7 Å². The van der Waals surface area contributed by atoms with Crippen LogP contribution in [0, 0.1) is 6.92 Å². The van der Waals surface area contributed by atoms with Crippen molar-refractivity contribution < 1.29 is 14.3 Å². The maximum Gasteiger partial charge on any atom is 0.328 e. The van der Waals surface area contributed by atoms with Crippen molar-refractivity contribution in [2.24, 2.45) is 0 Å². The predicted molar refractivity (Wildman–Crippen MR) is 77.8 cm³/mol. The van der Waals surface area contributed by atoms with Crippen LogP contribution in [0.2, 0.25) is 0 Å². The van der Waals surface area contributed by atoms with Crippen LogP contribution >= 0.6 is 0 Å². The Balaban J connectivity index is 1.90. The second-order valence-corrected chi connectivity index (χ2v) is 4.83. The van der Waals surface area contributed by atoms with Gasteiger partial charge in [-0.05, 0) is 6.92 Å². The Morgan fingerprint density at radius 1 is 1.30 bits per heavy atom. The van der Waals surface area contributed by atoms with Gasteiger partial charge in [0.15, 0.2) is 0 Å². The molecule has 2 aromatic rings. The van der Waals surface area contributed by atoms with Crippen LogP contribution in [0.4, 0.5) is 0 Å². The molecule has 0 saturated heterocycles. The summed E-state index contributed by atoms with van der Waals surface area (Å²) in [5.41, 5.74) is 0.0665. The summed E-state index contributed by atoms with van der Waals surface area (Å²) in [6, 6.07) is 0. The second kappa shape index (κ2) is 7.49. The van der Waals surface area contributed by atoms with Gasteiger partial charge in [0.1, 0.15) is 19.0 Å². The summed E-state index contributed by atoms with van der Waals surface area (Å²) >= 11 is 0. The molecule has 0 atom stereocenters. The molecule has 10 nitrogen and oxygen atoms in total. The molecular weight excluding hydrogens is 306 g/mol. The van der Waals surface area contributed by atoms with Gasteiger partial charge in [0.25, 0.3) is 5.56 Å². The van der Waals surface area contributed by atoms with E-state index in [1.165, 1.54) is 22.4 Å². The molecule has 0 saturated carbocycles. The molecule has 0 amide bonds. The van der Waals surface area contributed by atoms with Crippen LogP contribution in [0.1, 0.15) is 18.2 Å². The standard InChI is InChI=1S/C13H17N5O5/c1-9-5-17(13(21)14-12(9)20)6-11-7-18(16-15-11)8-22-3-4-23-10(2)19/h5,7H,3-4,6,8H2,1-2H3,(H,14,20,21). The number of hydrogen-bond donors (Lipinski definition) is 1. The zero-order valence-corrected chi connectivity index (χ0v) is 12.8. The molecule has 0 radical (unpaired) electrons. The van der Waals surface area contributed by atoms with Crippen LogP contribution < -0.4 is 11.2 Å². The minimum Gasteiger partial charge on any atom is -0.463 e. The molecule has 0 bridgehead atoms. The number of carbonyl (C=O) groups is 1. The number of aromatic amines is 1. The lowest BCUT2D eigenvalue weighted by molar-refractivity contribution is -0.142. The highest BCUT2D eigenvalue weighted by Gasteiger charge is 2.05. The van der Waals surface area contributed by atoms with Crippen LogP contribution in [0.15, 0.2) is 22.0 Å². The van der Waals surface area contributed by atoms with E-state index in [0.717, 1.165) is 0 Å². The van der Waals surface area contributed by atoms with Crippen LogP contribution in [0.5, 0.6) is 0 Å². The number of esters is 1. The Morgan fingerprint density at radius 3 is 2.83 bits per heavy atom. The predicted octanol–water partition coefficient (Wildman–Crippen LogP) is -0.978. The maximum absolute atomic E-state index is 11.7. The van der Waals surface area contributed by atoms with Gasteiger partial charge in [-0.2, -0.15) is 0 Å². The summed E-state index contributed by atoms with van der Waals surface area (Å²) in [7, 11) is 0. The number of nitrogens with one attached hydrogen (secondary N) is 1. The molecule has 0 unspecified atom stereocenters. The Labute approximate surface area is 130 Å². The molecule has 10 heteroatoms. The summed E-state index contributed by atoms with van der Waals surface area (Å²) < 4.78 is 12.8. The summed E-state index contributed by atoms with van der Waals surface area (Å²) in [6.45, 7) is 3.68. The van der Waals surface area contributed by atoms with Crippen molar-refractivity contribution in [3.63, 3.8) is 0 Å². The Bertz CT molecular complexity index is 791. The highest BCUT2D eigenvalue weighted by atomic mass is 16.6. The second-order valence-electron chi connectivity index (χ2n) is 4.83. The van der Waals surface area contributed by atoms with Crippen molar-refractivity contribution in [2.45, 2.75) is 27.1 Å². The lowest BCUT2D eigenvalue weighted by atomic mass is 10.4. The van der Waals surface area contributed by atoms with Crippen LogP contribution in [0.25, 0.3) is 0 Å². The van der Waals surface area contributed by atoms with Gasteiger partial charge in [-0.15, -0.1) is 5.10 Å². The highest BCUT2D eigenvalue weighted by Crippen LogP contribution is 1.97. The van der Waals surface area contributed by atoms with E-state index in [4.69, 9.17) is 9.47 Å². The number of aryl methyl sites for hydroxylation is 1. The number of aromatic nitrogens is 5. The molecule has 124 valence electrons. The van der Waals surface area contributed by atoms with E-state index < -0.39 is 11.2 Å².